The van der Waals surface area contributed by atoms with Crippen LogP contribution in [-0.4, -0.2) is 23.5 Å². The first-order valence-electron chi connectivity index (χ1n) is 3.94. The molecule has 0 aromatic carbocycles. The maximum atomic E-state index is 10.3. The highest BCUT2D eigenvalue weighted by molar-refractivity contribution is 7.99. The average Bonchev–Trinajstić information content (AvgIpc) is 1.84. The van der Waals surface area contributed by atoms with Crippen molar-refractivity contribution in [2.24, 2.45) is 5.41 Å². The maximum absolute atomic E-state index is 10.3. The Balaban J connectivity index is 3.51. The van der Waals surface area contributed by atoms with Crippen molar-refractivity contribution < 1.29 is 15.6 Å². The van der Waals surface area contributed by atoms with Crippen LogP contribution in [-0.2, 0) is 4.79 Å². The highest BCUT2D eigenvalue weighted by atomic mass is 32.2. The molecular formula is C8H17NO2S. The molecule has 0 amide bonds. The molecular weight excluding hydrogens is 174 g/mol. The van der Waals surface area contributed by atoms with E-state index in [0.717, 1.165) is 5.75 Å². The van der Waals surface area contributed by atoms with E-state index in [9.17, 15) is 9.90 Å². The molecule has 0 saturated carbocycles. The summed E-state index contributed by atoms with van der Waals surface area (Å²) in [6, 6.07) is -0.586. The van der Waals surface area contributed by atoms with Crippen LogP contribution in [0.25, 0.3) is 0 Å². The topological polar surface area (TPSA) is 67.8 Å². The molecule has 0 spiro atoms. The lowest BCUT2D eigenvalue weighted by Gasteiger charge is -2.18. The molecule has 0 rings (SSSR count). The Morgan fingerprint density at radius 3 is 2.42 bits per heavy atom. The van der Waals surface area contributed by atoms with Crippen LogP contribution in [0, 0.1) is 5.41 Å². The van der Waals surface area contributed by atoms with Gasteiger partial charge >= 0.3 is 0 Å². The van der Waals surface area contributed by atoms with Crippen LogP contribution in [0.15, 0.2) is 0 Å². The number of carbonyl (C=O) groups is 1. The van der Waals surface area contributed by atoms with Crippen molar-refractivity contribution in [1.82, 2.24) is 0 Å². The fourth-order valence-electron chi connectivity index (χ4n) is 0.575. The molecule has 0 saturated heterocycles. The Morgan fingerprint density at radius 1 is 1.58 bits per heavy atom. The fraction of sp³-hybridized carbons (Fsp3) is 0.875. The van der Waals surface area contributed by atoms with Gasteiger partial charge in [-0.3, -0.25) is 0 Å². The van der Waals surface area contributed by atoms with Gasteiger partial charge in [0.25, 0.3) is 0 Å². The Labute approximate surface area is 77.7 Å². The number of hydrogen-bond acceptors (Lipinski definition) is 3. The second-order valence-electron chi connectivity index (χ2n) is 4.09. The van der Waals surface area contributed by atoms with Gasteiger partial charge in [0.1, 0.15) is 6.04 Å². The fourth-order valence-corrected chi connectivity index (χ4v) is 1.73. The zero-order valence-corrected chi connectivity index (χ0v) is 8.74. The number of rotatable bonds is 4. The number of carboxylic acids is 1. The number of hydrogen-bond donors (Lipinski definition) is 1. The molecule has 0 aromatic rings. The summed E-state index contributed by atoms with van der Waals surface area (Å²) in [5.74, 6) is 0.433. The van der Waals surface area contributed by atoms with Crippen molar-refractivity contribution in [1.29, 1.82) is 0 Å². The lowest BCUT2D eigenvalue weighted by molar-refractivity contribution is -0.431. The molecule has 1 unspecified atom stereocenters. The minimum absolute atomic E-state index is 0.246. The summed E-state index contributed by atoms with van der Waals surface area (Å²) in [5.41, 5.74) is 3.72. The molecule has 0 fully saturated rings. The number of aliphatic carboxylic acids is 1. The van der Waals surface area contributed by atoms with Gasteiger partial charge in [-0.05, 0) is 11.2 Å². The maximum Gasteiger partial charge on any atom is 0.134 e. The third-order valence-electron chi connectivity index (χ3n) is 1.19. The highest BCUT2D eigenvalue weighted by Crippen LogP contribution is 2.20. The Morgan fingerprint density at radius 2 is 2.08 bits per heavy atom. The van der Waals surface area contributed by atoms with Gasteiger partial charge in [0.2, 0.25) is 0 Å². The molecule has 72 valence electrons. The first-order chi connectivity index (χ1) is 5.33. The highest BCUT2D eigenvalue weighted by Gasteiger charge is 2.13. The Kier molecular flexibility index (Phi) is 4.63. The third-order valence-corrected chi connectivity index (χ3v) is 2.90. The van der Waals surface area contributed by atoms with Gasteiger partial charge in [-0.25, -0.2) is 0 Å². The average molecular weight is 191 g/mol. The van der Waals surface area contributed by atoms with Crippen LogP contribution < -0.4 is 10.8 Å². The molecule has 0 aliphatic rings. The SMILES string of the molecule is CC(C)(C)CSCC([NH3+])C(=O)[O-]. The summed E-state index contributed by atoms with van der Waals surface area (Å²) in [5, 5.41) is 10.3. The molecule has 0 aromatic heterocycles. The van der Waals surface area contributed by atoms with Crippen molar-refractivity contribution in [3.05, 3.63) is 0 Å². The van der Waals surface area contributed by atoms with Gasteiger partial charge in [-0.15, -0.1) is 0 Å². The Bertz CT molecular complexity index is 154. The molecule has 3 nitrogen and oxygen atoms in total. The first kappa shape index (κ1) is 11.8. The molecule has 0 aliphatic carbocycles. The summed E-state index contributed by atoms with van der Waals surface area (Å²) < 4.78 is 0. The van der Waals surface area contributed by atoms with Crippen LogP contribution >= 0.6 is 11.8 Å². The minimum Gasteiger partial charge on any atom is -0.544 e. The van der Waals surface area contributed by atoms with E-state index in [4.69, 9.17) is 0 Å². The molecule has 0 radical (unpaired) electrons. The molecule has 4 heteroatoms. The quantitative estimate of drug-likeness (QED) is 0.628. The van der Waals surface area contributed by atoms with Crippen LogP contribution in [0.2, 0.25) is 0 Å². The van der Waals surface area contributed by atoms with Gasteiger partial charge in [0, 0.05) is 0 Å². The normalized spacial score (nSPS) is 14.3. The Hall–Kier alpha value is -0.220. The lowest BCUT2D eigenvalue weighted by atomic mass is 10.0. The number of quaternary nitrogens is 1. The number of thioether (sulfide) groups is 1. The zero-order chi connectivity index (χ0) is 9.78. The van der Waals surface area contributed by atoms with Crippen molar-refractivity contribution in [3.8, 4) is 0 Å². The number of carboxylic acid groups (broad SMARTS) is 1. The molecule has 12 heavy (non-hydrogen) atoms. The van der Waals surface area contributed by atoms with E-state index < -0.39 is 12.0 Å². The zero-order valence-electron chi connectivity index (χ0n) is 7.92. The number of carbonyl (C=O) groups excluding carboxylic acids is 1. The van der Waals surface area contributed by atoms with E-state index in [0.29, 0.717) is 5.75 Å². The van der Waals surface area contributed by atoms with Crippen molar-refractivity contribution in [3.63, 3.8) is 0 Å². The van der Waals surface area contributed by atoms with E-state index >= 15 is 0 Å². The van der Waals surface area contributed by atoms with Crippen LogP contribution in [0.3, 0.4) is 0 Å². The van der Waals surface area contributed by atoms with Gasteiger partial charge in [0.05, 0.1) is 11.7 Å². The summed E-state index contributed by atoms with van der Waals surface area (Å²) >= 11 is 1.61. The third kappa shape index (κ3) is 6.49. The first-order valence-corrected chi connectivity index (χ1v) is 5.10. The van der Waals surface area contributed by atoms with Gasteiger partial charge < -0.3 is 15.6 Å². The summed E-state index contributed by atoms with van der Waals surface area (Å²) in [6.07, 6.45) is 0. The van der Waals surface area contributed by atoms with Crippen LogP contribution in [0.4, 0.5) is 0 Å². The van der Waals surface area contributed by atoms with Crippen molar-refractivity contribution in [2.75, 3.05) is 11.5 Å². The van der Waals surface area contributed by atoms with Gasteiger partial charge in [-0.2, -0.15) is 11.8 Å². The van der Waals surface area contributed by atoms with Crippen LogP contribution in [0.5, 0.6) is 0 Å². The summed E-state index contributed by atoms with van der Waals surface area (Å²) in [4.78, 5) is 10.3. The second-order valence-corrected chi connectivity index (χ2v) is 5.12. The standard InChI is InChI=1S/C8H17NO2S/c1-8(2,3)5-12-4-6(9)7(10)11/h6H,4-5,9H2,1-3H3,(H,10,11). The monoisotopic (exact) mass is 191 g/mol. The largest absolute Gasteiger partial charge is 0.544 e. The van der Waals surface area contributed by atoms with E-state index in [1.54, 1.807) is 11.8 Å². The lowest BCUT2D eigenvalue weighted by Crippen LogP contribution is -2.69. The van der Waals surface area contributed by atoms with E-state index in [-0.39, 0.29) is 5.41 Å². The molecule has 0 bridgehead atoms. The van der Waals surface area contributed by atoms with E-state index in [2.05, 4.69) is 26.5 Å². The minimum atomic E-state index is -1.06. The molecule has 3 N–H and O–H groups in total. The van der Waals surface area contributed by atoms with Crippen molar-refractivity contribution >= 4 is 17.7 Å². The molecule has 0 heterocycles. The predicted molar refractivity (Wildman–Crippen MR) is 48.5 cm³/mol. The second kappa shape index (κ2) is 4.72. The molecule has 1 atom stereocenters. The van der Waals surface area contributed by atoms with Gasteiger partial charge in [0.15, 0.2) is 0 Å². The molecule has 0 aliphatic heterocycles. The van der Waals surface area contributed by atoms with E-state index in [1.165, 1.54) is 0 Å². The summed E-state index contributed by atoms with van der Waals surface area (Å²) in [6.45, 7) is 6.37. The summed E-state index contributed by atoms with van der Waals surface area (Å²) in [7, 11) is 0. The predicted octanol–water partition coefficient (Wildman–Crippen LogP) is -0.874. The van der Waals surface area contributed by atoms with Gasteiger partial charge in [-0.1, -0.05) is 20.8 Å². The van der Waals surface area contributed by atoms with Crippen molar-refractivity contribution in [2.45, 2.75) is 26.8 Å². The van der Waals surface area contributed by atoms with Crippen LogP contribution in [0.1, 0.15) is 20.8 Å². The smallest absolute Gasteiger partial charge is 0.134 e. The van der Waals surface area contributed by atoms with E-state index in [1.807, 2.05) is 0 Å².